The van der Waals surface area contributed by atoms with Gasteiger partial charge < -0.3 is 0 Å². The first-order valence-corrected chi connectivity index (χ1v) is 6.41. The molecule has 17 heavy (non-hydrogen) atoms. The van der Waals surface area contributed by atoms with Crippen molar-refractivity contribution in [2.75, 3.05) is 0 Å². The highest BCUT2D eigenvalue weighted by molar-refractivity contribution is 6.30. The van der Waals surface area contributed by atoms with Crippen LogP contribution in [0.1, 0.15) is 22.4 Å². The van der Waals surface area contributed by atoms with Gasteiger partial charge in [0, 0.05) is 16.9 Å². The Morgan fingerprint density at radius 2 is 1.71 bits per heavy atom. The van der Waals surface area contributed by atoms with Crippen molar-refractivity contribution in [1.29, 1.82) is 0 Å². The van der Waals surface area contributed by atoms with Crippen LogP contribution in [0.3, 0.4) is 0 Å². The van der Waals surface area contributed by atoms with Crippen LogP contribution in [0.5, 0.6) is 0 Å². The number of benzene rings is 1. The molecule has 0 radical (unpaired) electrons. The molecule has 1 heterocycles. The number of fused-ring (bicyclic) bond motifs is 2. The van der Waals surface area contributed by atoms with Gasteiger partial charge in [0.2, 0.25) is 0 Å². The minimum absolute atomic E-state index is 0.843. The van der Waals surface area contributed by atoms with Crippen LogP contribution in [-0.4, -0.2) is 4.98 Å². The van der Waals surface area contributed by atoms with Gasteiger partial charge in [0.25, 0.3) is 0 Å². The molecule has 0 unspecified atom stereocenters. The summed E-state index contributed by atoms with van der Waals surface area (Å²) in [5, 5.41) is 0.843. The van der Waals surface area contributed by atoms with Crippen LogP contribution in [0.25, 0.3) is 0 Å². The first-order valence-electron chi connectivity index (χ1n) is 6.03. The smallest absolute Gasteiger partial charge is 0.0438 e. The molecule has 3 rings (SSSR count). The highest BCUT2D eigenvalue weighted by Crippen LogP contribution is 2.23. The van der Waals surface area contributed by atoms with E-state index in [2.05, 4.69) is 23.2 Å². The third-order valence-electron chi connectivity index (χ3n) is 3.45. The Hall–Kier alpha value is -1.34. The fourth-order valence-electron chi connectivity index (χ4n) is 2.52. The van der Waals surface area contributed by atoms with Crippen LogP contribution in [0.15, 0.2) is 36.5 Å². The maximum atomic E-state index is 6.06. The number of aromatic nitrogens is 1. The average Bonchev–Trinajstić information content (AvgIpc) is 2.33. The Bertz CT molecular complexity index is 548. The molecule has 86 valence electrons. The van der Waals surface area contributed by atoms with Crippen molar-refractivity contribution < 1.29 is 0 Å². The minimum atomic E-state index is 0.843. The molecular formula is C15H14ClN. The molecule has 0 saturated carbocycles. The molecule has 0 aliphatic heterocycles. The molecular weight excluding hydrogens is 230 g/mol. The van der Waals surface area contributed by atoms with E-state index in [0.29, 0.717) is 0 Å². The van der Waals surface area contributed by atoms with Crippen LogP contribution in [0, 0.1) is 0 Å². The summed E-state index contributed by atoms with van der Waals surface area (Å²) in [6.45, 7) is 0. The van der Waals surface area contributed by atoms with Crippen molar-refractivity contribution in [2.45, 2.75) is 25.7 Å². The van der Waals surface area contributed by atoms with Gasteiger partial charge in [-0.05, 0) is 60.6 Å². The molecule has 0 saturated heterocycles. The zero-order valence-corrected chi connectivity index (χ0v) is 10.4. The lowest BCUT2D eigenvalue weighted by Gasteiger charge is -2.16. The summed E-state index contributed by atoms with van der Waals surface area (Å²) in [5.41, 5.74) is 5.46. The lowest BCUT2D eigenvalue weighted by Crippen LogP contribution is -2.08. The number of aryl methyl sites for hydroxylation is 4. The Kier molecular flexibility index (Phi) is 2.86. The quantitative estimate of drug-likeness (QED) is 0.689. The van der Waals surface area contributed by atoms with Gasteiger partial charge in [-0.3, -0.25) is 4.98 Å². The lowest BCUT2D eigenvalue weighted by molar-refractivity contribution is 0.811. The zero-order chi connectivity index (χ0) is 11.7. The summed E-state index contributed by atoms with van der Waals surface area (Å²) >= 11 is 6.06. The minimum Gasteiger partial charge on any atom is -0.261 e. The fourth-order valence-corrected chi connectivity index (χ4v) is 2.71. The van der Waals surface area contributed by atoms with E-state index in [1.807, 2.05) is 18.3 Å². The number of nitrogens with zero attached hydrogens (tertiary/aromatic N) is 1. The molecule has 0 N–H and O–H groups in total. The second kappa shape index (κ2) is 4.50. The molecule has 0 amide bonds. The predicted molar refractivity (Wildman–Crippen MR) is 70.5 cm³/mol. The molecule has 0 atom stereocenters. The SMILES string of the molecule is Clc1ccc2c(c1)CCc1cccnc1CC2. The monoisotopic (exact) mass is 243 g/mol. The van der Waals surface area contributed by atoms with E-state index < -0.39 is 0 Å². The van der Waals surface area contributed by atoms with Crippen molar-refractivity contribution >= 4 is 11.6 Å². The number of pyridine rings is 1. The molecule has 1 aromatic carbocycles. The van der Waals surface area contributed by atoms with Crippen molar-refractivity contribution in [2.24, 2.45) is 0 Å². The largest absolute Gasteiger partial charge is 0.261 e. The van der Waals surface area contributed by atoms with E-state index in [-0.39, 0.29) is 0 Å². The molecule has 2 aromatic rings. The van der Waals surface area contributed by atoms with Gasteiger partial charge in [-0.25, -0.2) is 0 Å². The van der Waals surface area contributed by atoms with E-state index >= 15 is 0 Å². The van der Waals surface area contributed by atoms with Gasteiger partial charge in [0.05, 0.1) is 0 Å². The topological polar surface area (TPSA) is 12.9 Å². The molecule has 1 aromatic heterocycles. The van der Waals surface area contributed by atoms with Crippen LogP contribution in [0.4, 0.5) is 0 Å². The number of hydrogen-bond acceptors (Lipinski definition) is 1. The van der Waals surface area contributed by atoms with Crippen LogP contribution in [-0.2, 0) is 25.7 Å². The summed E-state index contributed by atoms with van der Waals surface area (Å²) in [5.74, 6) is 0. The lowest BCUT2D eigenvalue weighted by atomic mass is 9.91. The van der Waals surface area contributed by atoms with Gasteiger partial charge in [0.15, 0.2) is 0 Å². The normalized spacial score (nSPS) is 14.4. The van der Waals surface area contributed by atoms with E-state index in [1.165, 1.54) is 22.4 Å². The zero-order valence-electron chi connectivity index (χ0n) is 9.62. The number of halogens is 1. The Labute approximate surface area is 106 Å². The molecule has 1 aliphatic carbocycles. The van der Waals surface area contributed by atoms with Gasteiger partial charge in [0.1, 0.15) is 0 Å². The summed E-state index contributed by atoms with van der Waals surface area (Å²) in [6, 6.07) is 10.5. The molecule has 0 fully saturated rings. The van der Waals surface area contributed by atoms with E-state index in [1.54, 1.807) is 0 Å². The molecule has 0 spiro atoms. The standard InChI is InChI=1S/C15H14ClN/c16-14-7-5-11-6-8-15-12(2-1-9-17-15)3-4-13(11)10-14/h1-2,5,7,9-10H,3-4,6,8H2. The van der Waals surface area contributed by atoms with Crippen LogP contribution in [0.2, 0.25) is 5.02 Å². The van der Waals surface area contributed by atoms with Gasteiger partial charge in [-0.1, -0.05) is 23.7 Å². The van der Waals surface area contributed by atoms with Crippen molar-refractivity contribution in [3.63, 3.8) is 0 Å². The third kappa shape index (κ3) is 2.20. The van der Waals surface area contributed by atoms with Crippen LogP contribution >= 0.6 is 11.6 Å². The highest BCUT2D eigenvalue weighted by atomic mass is 35.5. The Morgan fingerprint density at radius 1 is 0.882 bits per heavy atom. The van der Waals surface area contributed by atoms with E-state index in [4.69, 9.17) is 11.6 Å². The Morgan fingerprint density at radius 3 is 2.65 bits per heavy atom. The first-order chi connectivity index (χ1) is 8.33. The Balaban J connectivity index is 1.97. The maximum Gasteiger partial charge on any atom is 0.0438 e. The number of rotatable bonds is 0. The van der Waals surface area contributed by atoms with Crippen molar-refractivity contribution in [1.82, 2.24) is 4.98 Å². The maximum absolute atomic E-state index is 6.06. The van der Waals surface area contributed by atoms with E-state index in [9.17, 15) is 0 Å². The predicted octanol–water partition coefficient (Wildman–Crippen LogP) is 3.62. The first kappa shape index (κ1) is 10.8. The van der Waals surface area contributed by atoms with Gasteiger partial charge in [-0.2, -0.15) is 0 Å². The highest BCUT2D eigenvalue weighted by Gasteiger charge is 2.11. The molecule has 1 nitrogen and oxygen atoms in total. The molecule has 1 aliphatic rings. The summed E-state index contributed by atoms with van der Waals surface area (Å²) in [4.78, 5) is 4.49. The van der Waals surface area contributed by atoms with Crippen molar-refractivity contribution in [3.8, 4) is 0 Å². The third-order valence-corrected chi connectivity index (χ3v) is 3.68. The second-order valence-electron chi connectivity index (χ2n) is 4.52. The van der Waals surface area contributed by atoms with Gasteiger partial charge >= 0.3 is 0 Å². The summed E-state index contributed by atoms with van der Waals surface area (Å²) in [7, 11) is 0. The summed E-state index contributed by atoms with van der Waals surface area (Å²) in [6.07, 6.45) is 6.12. The number of hydrogen-bond donors (Lipinski definition) is 0. The average molecular weight is 244 g/mol. The van der Waals surface area contributed by atoms with Crippen LogP contribution < -0.4 is 0 Å². The van der Waals surface area contributed by atoms with Gasteiger partial charge in [-0.15, -0.1) is 0 Å². The molecule has 2 heteroatoms. The second-order valence-corrected chi connectivity index (χ2v) is 4.96. The molecule has 0 bridgehead atoms. The van der Waals surface area contributed by atoms with Crippen molar-refractivity contribution in [3.05, 3.63) is 63.9 Å². The summed E-state index contributed by atoms with van der Waals surface area (Å²) < 4.78 is 0. The fraction of sp³-hybridized carbons (Fsp3) is 0.267. The van der Waals surface area contributed by atoms with E-state index in [0.717, 1.165) is 30.7 Å².